The summed E-state index contributed by atoms with van der Waals surface area (Å²) in [5.41, 5.74) is 0. The predicted octanol–water partition coefficient (Wildman–Crippen LogP) is 3.58. The molecule has 0 spiro atoms. The first-order valence-corrected chi connectivity index (χ1v) is 4.42. The molecule has 0 N–H and O–H groups in total. The van der Waals surface area contributed by atoms with E-state index in [1.807, 2.05) is 0 Å². The minimum absolute atomic E-state index is 0.942. The number of halogens is 7. The first kappa shape index (κ1) is 14.3. The lowest BCUT2D eigenvalue weighted by atomic mass is 10.2. The summed E-state index contributed by atoms with van der Waals surface area (Å²) >= 11 is 10.4. The van der Waals surface area contributed by atoms with Crippen LogP contribution in [0.15, 0.2) is 0 Å². The van der Waals surface area contributed by atoms with Crippen molar-refractivity contribution < 1.29 is 36.6 Å². The second kappa shape index (κ2) is 5.72. The quantitative estimate of drug-likeness (QED) is 0.368. The Labute approximate surface area is 101 Å². The summed E-state index contributed by atoms with van der Waals surface area (Å²) in [6, 6.07) is 0. The number of hydrogen-bond acceptors (Lipinski definition) is 3. The normalized spacial score (nSPS) is 10.5. The van der Waals surface area contributed by atoms with Crippen molar-refractivity contribution in [2.75, 3.05) is 0 Å². The van der Waals surface area contributed by atoms with E-state index in [4.69, 9.17) is 23.2 Å². The lowest BCUT2D eigenvalue weighted by molar-refractivity contribution is -0.130. The Morgan fingerprint density at radius 3 is 1.82 bits per heavy atom. The van der Waals surface area contributed by atoms with E-state index in [0.717, 1.165) is 0 Å². The van der Waals surface area contributed by atoms with Gasteiger partial charge in [-0.1, -0.05) is 32.3 Å². The average Bonchev–Trinajstić information content (AvgIpc) is 2.34. The van der Waals surface area contributed by atoms with Gasteiger partial charge < -0.3 is 4.65 Å². The molecule has 1 aromatic rings. The van der Waals surface area contributed by atoms with Crippen LogP contribution < -0.4 is 4.65 Å². The van der Waals surface area contributed by atoms with Crippen LogP contribution in [0.25, 0.3) is 0 Å². The minimum Gasteiger partial charge on any atom is -0.505 e. The van der Waals surface area contributed by atoms with Crippen molar-refractivity contribution in [1.29, 1.82) is 0 Å². The van der Waals surface area contributed by atoms with Crippen molar-refractivity contribution in [3.8, 4) is 5.75 Å². The molecule has 0 atom stereocenters. The van der Waals surface area contributed by atoms with Gasteiger partial charge in [0.2, 0.25) is 5.82 Å². The molecule has 0 heterocycles. The van der Waals surface area contributed by atoms with Crippen molar-refractivity contribution in [3.63, 3.8) is 0 Å². The standard InChI is InChI=1S/C6BCl2F5O3/c8-1-2(9)6(15-7(16-13)17-14)5(12)4(11)3(1)10. The van der Waals surface area contributed by atoms with Gasteiger partial charge in [-0.15, -0.1) is 0 Å². The monoisotopic (exact) mass is 296 g/mol. The fraction of sp³-hybridized carbons (Fsp3) is 0. The molecule has 94 valence electrons. The van der Waals surface area contributed by atoms with Crippen LogP contribution in [-0.2, 0) is 9.72 Å². The Morgan fingerprint density at radius 1 is 0.824 bits per heavy atom. The van der Waals surface area contributed by atoms with E-state index in [1.165, 1.54) is 0 Å². The molecule has 0 aliphatic heterocycles. The molecule has 11 heteroatoms. The largest absolute Gasteiger partial charge is 0.778 e. The van der Waals surface area contributed by atoms with Gasteiger partial charge in [-0.3, -0.25) is 0 Å². The zero-order chi connectivity index (χ0) is 13.2. The summed E-state index contributed by atoms with van der Waals surface area (Å²) < 4.78 is 65.8. The second-order valence-electron chi connectivity index (χ2n) is 2.48. The summed E-state index contributed by atoms with van der Waals surface area (Å²) in [6.45, 7) is 0. The first-order chi connectivity index (χ1) is 7.93. The second-order valence-corrected chi connectivity index (χ2v) is 3.24. The third-order valence-electron chi connectivity index (χ3n) is 1.53. The molecule has 0 aliphatic rings. The van der Waals surface area contributed by atoms with Crippen LogP contribution >= 0.6 is 23.2 Å². The van der Waals surface area contributed by atoms with Crippen LogP contribution in [0, 0.1) is 17.5 Å². The molecule has 0 aliphatic carbocycles. The lowest BCUT2D eigenvalue weighted by Crippen LogP contribution is -2.25. The third kappa shape index (κ3) is 2.74. The Balaban J connectivity index is 3.24. The van der Waals surface area contributed by atoms with E-state index in [0.29, 0.717) is 0 Å². The van der Waals surface area contributed by atoms with Crippen LogP contribution in [0.2, 0.25) is 10.0 Å². The molecule has 0 bridgehead atoms. The van der Waals surface area contributed by atoms with Crippen molar-refractivity contribution in [3.05, 3.63) is 27.5 Å². The van der Waals surface area contributed by atoms with E-state index in [1.54, 1.807) is 0 Å². The number of hydrogen-bond donors (Lipinski definition) is 0. The number of benzene rings is 1. The van der Waals surface area contributed by atoms with Gasteiger partial charge in [0.25, 0.3) is 0 Å². The molecule has 17 heavy (non-hydrogen) atoms. The summed E-state index contributed by atoms with van der Waals surface area (Å²) in [6.07, 6.45) is 0. The molecular formula is C6BCl2F5O3. The molecular weight excluding hydrogens is 297 g/mol. The third-order valence-corrected chi connectivity index (χ3v) is 2.34. The summed E-state index contributed by atoms with van der Waals surface area (Å²) in [4.78, 5) is 5.44. The van der Waals surface area contributed by atoms with Crippen molar-refractivity contribution >= 4 is 30.5 Å². The van der Waals surface area contributed by atoms with Gasteiger partial charge in [-0.2, -0.15) is 14.1 Å². The van der Waals surface area contributed by atoms with Gasteiger partial charge >= 0.3 is 7.32 Å². The lowest BCUT2D eigenvalue weighted by Gasteiger charge is -2.11. The molecule has 3 nitrogen and oxygen atoms in total. The summed E-state index contributed by atoms with van der Waals surface area (Å²) in [5.74, 6) is -7.03. The molecule has 1 rings (SSSR count). The molecule has 0 unspecified atom stereocenters. The van der Waals surface area contributed by atoms with Crippen LogP contribution in [0.3, 0.4) is 0 Å². The van der Waals surface area contributed by atoms with E-state index in [9.17, 15) is 22.2 Å². The highest BCUT2D eigenvalue weighted by molar-refractivity contribution is 6.44. The van der Waals surface area contributed by atoms with Crippen LogP contribution in [0.1, 0.15) is 0 Å². The maximum Gasteiger partial charge on any atom is 0.778 e. The van der Waals surface area contributed by atoms with Crippen molar-refractivity contribution in [2.45, 2.75) is 0 Å². The molecule has 1 aromatic carbocycles. The highest BCUT2D eigenvalue weighted by atomic mass is 35.5. The van der Waals surface area contributed by atoms with E-state index in [-0.39, 0.29) is 0 Å². The van der Waals surface area contributed by atoms with Gasteiger partial charge in [-0.05, 0) is 0 Å². The van der Waals surface area contributed by atoms with Crippen molar-refractivity contribution in [2.24, 2.45) is 0 Å². The molecule has 0 amide bonds. The van der Waals surface area contributed by atoms with Crippen LogP contribution in [-0.4, -0.2) is 7.32 Å². The predicted molar refractivity (Wildman–Crippen MR) is 47.1 cm³/mol. The fourth-order valence-electron chi connectivity index (χ4n) is 0.835. The maximum atomic E-state index is 13.1. The highest BCUT2D eigenvalue weighted by Crippen LogP contribution is 2.38. The summed E-state index contributed by atoms with van der Waals surface area (Å²) in [5, 5.41) is -1.97. The first-order valence-electron chi connectivity index (χ1n) is 3.66. The van der Waals surface area contributed by atoms with Crippen LogP contribution in [0.5, 0.6) is 5.75 Å². The van der Waals surface area contributed by atoms with Gasteiger partial charge in [-0.25, -0.2) is 8.78 Å². The van der Waals surface area contributed by atoms with Gasteiger partial charge in [0.1, 0.15) is 10.0 Å². The molecule has 0 radical (unpaired) electrons. The smallest absolute Gasteiger partial charge is 0.505 e. The van der Waals surface area contributed by atoms with Gasteiger partial charge in [0.05, 0.1) is 0 Å². The van der Waals surface area contributed by atoms with E-state index >= 15 is 0 Å². The van der Waals surface area contributed by atoms with Gasteiger partial charge in [0.15, 0.2) is 17.4 Å². The summed E-state index contributed by atoms with van der Waals surface area (Å²) in [7, 11) is -2.66. The fourth-order valence-corrected chi connectivity index (χ4v) is 1.21. The topological polar surface area (TPSA) is 27.7 Å². The Bertz CT molecular complexity index is 402. The zero-order valence-electron chi connectivity index (χ0n) is 7.45. The van der Waals surface area contributed by atoms with Gasteiger partial charge in [0, 0.05) is 0 Å². The van der Waals surface area contributed by atoms with Crippen LogP contribution in [0.4, 0.5) is 22.2 Å². The van der Waals surface area contributed by atoms with E-state index < -0.39 is 40.6 Å². The minimum atomic E-state index is -2.66. The maximum absolute atomic E-state index is 13.1. The SMILES string of the molecule is FOB(OF)Oc1c(F)c(F)c(F)c(Cl)c1Cl. The molecule has 0 saturated heterocycles. The van der Waals surface area contributed by atoms with E-state index in [2.05, 4.69) is 14.4 Å². The molecule has 0 aromatic heterocycles. The number of rotatable bonds is 4. The highest BCUT2D eigenvalue weighted by Gasteiger charge is 2.33. The Kier molecular flexibility index (Phi) is 4.81. The Hall–Kier alpha value is -0.765. The van der Waals surface area contributed by atoms with Crippen molar-refractivity contribution in [1.82, 2.24) is 0 Å². The average molecular weight is 297 g/mol. The zero-order valence-corrected chi connectivity index (χ0v) is 8.96. The molecule has 0 saturated carbocycles. The molecule has 0 fully saturated rings. The Morgan fingerprint density at radius 2 is 1.35 bits per heavy atom.